The van der Waals surface area contributed by atoms with E-state index in [1.807, 2.05) is 39.0 Å². The first-order chi connectivity index (χ1) is 12.2. The Morgan fingerprint density at radius 1 is 1.23 bits per heavy atom. The average Bonchev–Trinajstić information content (AvgIpc) is 3.01. The van der Waals surface area contributed by atoms with Crippen molar-refractivity contribution in [1.82, 2.24) is 5.43 Å². The smallest absolute Gasteiger partial charge is 0.275 e. The number of amides is 1. The molecule has 2 N–H and O–H groups in total. The molecule has 0 saturated heterocycles. The number of phenolic OH excluding ortho intramolecular Hbond substituents is 1. The highest BCUT2D eigenvalue weighted by molar-refractivity contribution is 9.11. The van der Waals surface area contributed by atoms with Gasteiger partial charge in [0, 0.05) is 0 Å². The molecule has 140 valence electrons. The third-order valence-electron chi connectivity index (χ3n) is 4.18. The number of thiophene rings is 1. The van der Waals surface area contributed by atoms with Gasteiger partial charge in [0.2, 0.25) is 0 Å². The van der Waals surface area contributed by atoms with Gasteiger partial charge >= 0.3 is 0 Å². The Balaban J connectivity index is 2.35. The molecule has 0 unspecified atom stereocenters. The Morgan fingerprint density at radius 2 is 1.92 bits per heavy atom. The van der Waals surface area contributed by atoms with Gasteiger partial charge in [0.05, 0.1) is 19.9 Å². The Bertz CT molecular complexity index is 825. The summed E-state index contributed by atoms with van der Waals surface area (Å²) in [4.78, 5) is 13.7. The predicted octanol–water partition coefficient (Wildman–Crippen LogP) is 6.01. The van der Waals surface area contributed by atoms with E-state index < -0.39 is 5.91 Å². The number of hydrazone groups is 1. The van der Waals surface area contributed by atoms with Crippen molar-refractivity contribution in [2.75, 3.05) is 0 Å². The van der Waals surface area contributed by atoms with Crippen molar-refractivity contribution in [2.24, 2.45) is 5.10 Å². The highest BCUT2D eigenvalue weighted by Crippen LogP contribution is 2.33. The van der Waals surface area contributed by atoms with Gasteiger partial charge in [0.15, 0.2) is 0 Å². The summed E-state index contributed by atoms with van der Waals surface area (Å²) in [5.41, 5.74) is 5.49. The molecule has 2 aromatic rings. The normalized spacial score (nSPS) is 12.1. The number of carbonyl (C=O) groups is 1. The zero-order valence-electron chi connectivity index (χ0n) is 15.8. The fourth-order valence-electron chi connectivity index (χ4n) is 2.58. The number of benzene rings is 1. The van der Waals surface area contributed by atoms with Gasteiger partial charge in [-0.05, 0) is 63.5 Å². The summed E-state index contributed by atoms with van der Waals surface area (Å²) < 4.78 is 1.02. The van der Waals surface area contributed by atoms with Crippen LogP contribution in [-0.4, -0.2) is 16.7 Å². The second-order valence-electron chi connectivity index (χ2n) is 6.77. The highest BCUT2D eigenvalue weighted by atomic mass is 79.9. The molecule has 0 aliphatic heterocycles. The summed E-state index contributed by atoms with van der Waals surface area (Å²) in [6.45, 7) is 10.1. The van der Waals surface area contributed by atoms with Gasteiger partial charge in [-0.3, -0.25) is 4.79 Å². The van der Waals surface area contributed by atoms with E-state index in [4.69, 9.17) is 0 Å². The number of hydrogen-bond acceptors (Lipinski definition) is 4. The van der Waals surface area contributed by atoms with E-state index in [2.05, 4.69) is 40.3 Å². The third-order valence-corrected chi connectivity index (χ3v) is 5.85. The van der Waals surface area contributed by atoms with Crippen molar-refractivity contribution >= 4 is 38.9 Å². The third kappa shape index (κ3) is 4.74. The number of carbonyl (C=O) groups excluding carboxylic acids is 1. The number of aromatic hydroxyl groups is 1. The van der Waals surface area contributed by atoms with Crippen LogP contribution in [0.2, 0.25) is 0 Å². The maximum atomic E-state index is 12.7. The minimum atomic E-state index is -0.395. The van der Waals surface area contributed by atoms with Gasteiger partial charge < -0.3 is 5.11 Å². The maximum Gasteiger partial charge on any atom is 0.275 e. The quantitative estimate of drug-likeness (QED) is 0.430. The lowest BCUT2D eigenvalue weighted by Crippen LogP contribution is -2.20. The van der Waals surface area contributed by atoms with Gasteiger partial charge in [-0.25, -0.2) is 5.43 Å². The minimum Gasteiger partial charge on any atom is -0.507 e. The molecule has 1 aromatic heterocycles. The molecule has 1 heterocycles. The zero-order valence-corrected chi connectivity index (χ0v) is 18.2. The second kappa shape index (κ2) is 8.82. The van der Waals surface area contributed by atoms with E-state index in [0.717, 1.165) is 25.5 Å². The van der Waals surface area contributed by atoms with E-state index in [1.54, 1.807) is 17.4 Å². The number of nitrogens with zero attached hydrogens (tertiary/aromatic N) is 1. The number of halogens is 1. The van der Waals surface area contributed by atoms with Crippen LogP contribution in [0.4, 0.5) is 0 Å². The summed E-state index contributed by atoms with van der Waals surface area (Å²) in [5.74, 6) is 0.0266. The van der Waals surface area contributed by atoms with Crippen molar-refractivity contribution in [3.8, 4) is 5.75 Å². The van der Waals surface area contributed by atoms with Crippen molar-refractivity contribution in [2.45, 2.75) is 52.9 Å². The van der Waals surface area contributed by atoms with Crippen LogP contribution >= 0.6 is 27.3 Å². The fraction of sp³-hybridized carbons (Fsp3) is 0.400. The molecule has 26 heavy (non-hydrogen) atoms. The highest BCUT2D eigenvalue weighted by Gasteiger charge is 2.19. The van der Waals surface area contributed by atoms with Crippen molar-refractivity contribution in [3.63, 3.8) is 0 Å². The summed E-state index contributed by atoms with van der Waals surface area (Å²) in [6, 6.07) is 7.66. The lowest BCUT2D eigenvalue weighted by molar-refractivity contribution is 0.0952. The van der Waals surface area contributed by atoms with Crippen molar-refractivity contribution in [3.05, 3.63) is 49.6 Å². The molecule has 0 radical (unpaired) electrons. The van der Waals surface area contributed by atoms with Gasteiger partial charge in [-0.2, -0.15) is 5.10 Å². The monoisotopic (exact) mass is 436 g/mol. The lowest BCUT2D eigenvalue weighted by atomic mass is 9.92. The Morgan fingerprint density at radius 3 is 2.42 bits per heavy atom. The van der Waals surface area contributed by atoms with Crippen LogP contribution in [0.5, 0.6) is 5.75 Å². The molecule has 0 aliphatic carbocycles. The van der Waals surface area contributed by atoms with E-state index in [-0.39, 0.29) is 23.1 Å². The Labute approximate surface area is 167 Å². The summed E-state index contributed by atoms with van der Waals surface area (Å²) >= 11 is 5.01. The lowest BCUT2D eigenvalue weighted by Gasteiger charge is -2.16. The molecule has 6 heteroatoms. The summed E-state index contributed by atoms with van der Waals surface area (Å²) in [6.07, 6.45) is 0.697. The molecule has 0 saturated carbocycles. The molecule has 0 spiro atoms. The molecule has 0 atom stereocenters. The van der Waals surface area contributed by atoms with Gasteiger partial charge in [0.25, 0.3) is 5.91 Å². The predicted molar refractivity (Wildman–Crippen MR) is 113 cm³/mol. The van der Waals surface area contributed by atoms with E-state index in [1.165, 1.54) is 0 Å². The van der Waals surface area contributed by atoms with E-state index >= 15 is 0 Å². The van der Waals surface area contributed by atoms with Crippen LogP contribution in [-0.2, 0) is 0 Å². The van der Waals surface area contributed by atoms with Crippen LogP contribution in [0.15, 0.2) is 33.2 Å². The van der Waals surface area contributed by atoms with Crippen LogP contribution in [0.25, 0.3) is 0 Å². The van der Waals surface area contributed by atoms with Crippen molar-refractivity contribution < 1.29 is 9.90 Å². The fourth-order valence-corrected chi connectivity index (χ4v) is 4.03. The Kier molecular flexibility index (Phi) is 7.01. The first-order valence-corrected chi connectivity index (χ1v) is 10.3. The van der Waals surface area contributed by atoms with E-state index in [0.29, 0.717) is 6.42 Å². The van der Waals surface area contributed by atoms with Crippen molar-refractivity contribution in [1.29, 1.82) is 0 Å². The molecular weight excluding hydrogens is 412 g/mol. The van der Waals surface area contributed by atoms with Gasteiger partial charge in [-0.15, -0.1) is 11.3 Å². The molecule has 0 fully saturated rings. The van der Waals surface area contributed by atoms with Crippen LogP contribution in [0, 0.1) is 0 Å². The molecule has 1 aromatic carbocycles. The number of phenols is 1. The SMILES string of the molecule is CC/C(=N/NC(=O)c1cc(C(C)C)cc(C(C)C)c1O)c1ccc(Br)s1. The molecule has 0 aliphatic rings. The maximum absolute atomic E-state index is 12.7. The van der Waals surface area contributed by atoms with Crippen LogP contribution < -0.4 is 5.43 Å². The molecular formula is C20H25BrN2O2S. The number of nitrogens with one attached hydrogen (secondary N) is 1. The zero-order chi connectivity index (χ0) is 19.4. The first kappa shape index (κ1) is 20.6. The largest absolute Gasteiger partial charge is 0.507 e. The first-order valence-electron chi connectivity index (χ1n) is 8.73. The minimum absolute atomic E-state index is 0.0361. The van der Waals surface area contributed by atoms with E-state index in [9.17, 15) is 9.90 Å². The average molecular weight is 437 g/mol. The Hall–Kier alpha value is -1.66. The standard InChI is InChI=1S/C20H25BrN2O2S/c1-6-16(17-7-8-18(21)26-17)22-23-20(25)15-10-13(11(2)3)9-14(12(4)5)19(15)24/h7-12,24H,6H2,1-5H3,(H,23,25)/b22-16-. The summed E-state index contributed by atoms with van der Waals surface area (Å²) in [7, 11) is 0. The molecule has 1 amide bonds. The number of hydrogen-bond donors (Lipinski definition) is 2. The molecule has 0 bridgehead atoms. The van der Waals surface area contributed by atoms with Crippen LogP contribution in [0.3, 0.4) is 0 Å². The molecule has 4 nitrogen and oxygen atoms in total. The molecule has 2 rings (SSSR count). The second-order valence-corrected chi connectivity index (χ2v) is 9.24. The summed E-state index contributed by atoms with van der Waals surface area (Å²) in [5, 5.41) is 14.9. The van der Waals surface area contributed by atoms with Crippen LogP contribution in [0.1, 0.15) is 79.2 Å². The number of rotatable bonds is 6. The van der Waals surface area contributed by atoms with Gasteiger partial charge in [0.1, 0.15) is 5.75 Å². The van der Waals surface area contributed by atoms with Gasteiger partial charge in [-0.1, -0.05) is 40.7 Å². The topological polar surface area (TPSA) is 61.7 Å².